The second-order valence-electron chi connectivity index (χ2n) is 3.62. The molecule has 0 bridgehead atoms. The molecule has 0 aliphatic rings. The van der Waals surface area contributed by atoms with Gasteiger partial charge in [-0.1, -0.05) is 40.9 Å². The minimum atomic E-state index is -3.85. The maximum Gasteiger partial charge on any atom is 0.123 e. The molecule has 0 atom stereocenters. The van der Waals surface area contributed by atoms with Crippen molar-refractivity contribution in [3.05, 3.63) is 62.3 Å². The van der Waals surface area contributed by atoms with Crippen LogP contribution in [-0.4, -0.2) is 8.42 Å². The van der Waals surface area contributed by atoms with Crippen molar-refractivity contribution < 1.29 is 8.42 Å². The molecule has 19 heavy (non-hydrogen) atoms. The van der Waals surface area contributed by atoms with Gasteiger partial charge in [0.05, 0.1) is 4.90 Å². The number of sulfonamides is 1. The van der Waals surface area contributed by atoms with E-state index in [1.54, 1.807) is 6.07 Å². The maximum absolute atomic E-state index is 12.1. The van der Waals surface area contributed by atoms with E-state index in [1.165, 1.54) is 36.4 Å². The number of benzene rings is 2. The van der Waals surface area contributed by atoms with Crippen molar-refractivity contribution >= 4 is 50.5 Å². The van der Waals surface area contributed by atoms with E-state index in [0.717, 1.165) is 0 Å². The fraction of sp³-hybridized carbons (Fsp3) is 0. The van der Waals surface area contributed by atoms with Crippen LogP contribution in [0.15, 0.2) is 47.4 Å². The van der Waals surface area contributed by atoms with Crippen LogP contribution < -0.4 is 0 Å². The molecule has 100 valence electrons. The SMILES string of the molecule is O=S(=O)([N-]c1cc(Cl)ccc1Cl)c1ccc(Cl)cc1. The van der Waals surface area contributed by atoms with E-state index in [-0.39, 0.29) is 15.6 Å². The smallest absolute Gasteiger partial charge is 0.123 e. The lowest BCUT2D eigenvalue weighted by atomic mass is 10.3. The minimum absolute atomic E-state index is 0.0351. The predicted molar refractivity (Wildman–Crippen MR) is 78.1 cm³/mol. The number of rotatable bonds is 3. The third-order valence-corrected chi connectivity index (χ3v) is 4.35. The van der Waals surface area contributed by atoms with E-state index < -0.39 is 10.0 Å². The highest BCUT2D eigenvalue weighted by molar-refractivity contribution is 7.94. The van der Waals surface area contributed by atoms with Gasteiger partial charge >= 0.3 is 0 Å². The van der Waals surface area contributed by atoms with Crippen LogP contribution in [-0.2, 0) is 10.0 Å². The molecule has 0 aromatic heterocycles. The van der Waals surface area contributed by atoms with E-state index in [9.17, 15) is 8.42 Å². The molecule has 0 fully saturated rings. The average Bonchev–Trinajstić information content (AvgIpc) is 2.34. The van der Waals surface area contributed by atoms with Gasteiger partial charge < -0.3 is 4.72 Å². The molecule has 2 aromatic carbocycles. The van der Waals surface area contributed by atoms with Crippen LogP contribution in [0.3, 0.4) is 0 Å². The van der Waals surface area contributed by atoms with Gasteiger partial charge in [0.1, 0.15) is 10.0 Å². The Morgan fingerprint density at radius 3 is 2.05 bits per heavy atom. The Labute approximate surface area is 126 Å². The number of halogens is 3. The highest BCUT2D eigenvalue weighted by Gasteiger charge is 2.06. The lowest BCUT2D eigenvalue weighted by Crippen LogP contribution is -1.97. The fourth-order valence-corrected chi connectivity index (χ4v) is 2.84. The van der Waals surface area contributed by atoms with Crippen molar-refractivity contribution in [3.8, 4) is 0 Å². The van der Waals surface area contributed by atoms with Gasteiger partial charge in [-0.05, 0) is 36.4 Å². The van der Waals surface area contributed by atoms with Crippen molar-refractivity contribution in [2.45, 2.75) is 4.90 Å². The van der Waals surface area contributed by atoms with Crippen molar-refractivity contribution in [2.24, 2.45) is 0 Å². The monoisotopic (exact) mass is 334 g/mol. The second kappa shape index (κ2) is 5.59. The van der Waals surface area contributed by atoms with Gasteiger partial charge in [0.15, 0.2) is 0 Å². The molecule has 0 saturated heterocycles. The van der Waals surface area contributed by atoms with Crippen LogP contribution in [0.1, 0.15) is 0 Å². The summed E-state index contributed by atoms with van der Waals surface area (Å²) in [6.07, 6.45) is 0. The highest BCUT2D eigenvalue weighted by Crippen LogP contribution is 2.36. The summed E-state index contributed by atoms with van der Waals surface area (Å²) in [4.78, 5) is 0.0351. The Kier molecular flexibility index (Phi) is 4.26. The first-order valence-electron chi connectivity index (χ1n) is 5.07. The zero-order valence-corrected chi connectivity index (χ0v) is 12.4. The minimum Gasteiger partial charge on any atom is -0.571 e. The Morgan fingerprint density at radius 2 is 1.42 bits per heavy atom. The summed E-state index contributed by atoms with van der Waals surface area (Å²) < 4.78 is 27.8. The van der Waals surface area contributed by atoms with Crippen LogP contribution in [0.4, 0.5) is 5.69 Å². The summed E-state index contributed by atoms with van der Waals surface area (Å²) in [7, 11) is -3.85. The zero-order valence-electron chi connectivity index (χ0n) is 9.35. The van der Waals surface area contributed by atoms with Gasteiger partial charge in [-0.15, -0.1) is 5.69 Å². The third kappa shape index (κ3) is 3.54. The molecule has 2 aromatic rings. The molecule has 0 spiro atoms. The first-order chi connectivity index (χ1) is 8.88. The van der Waals surface area contributed by atoms with Crippen LogP contribution in [0, 0.1) is 0 Å². The standard InChI is InChI=1S/C12H7Cl3NO2S/c13-8-1-4-10(5-2-8)19(17,18)16-12-7-9(14)3-6-11(12)15/h1-7H/q-1. The Balaban J connectivity index is 2.36. The van der Waals surface area contributed by atoms with Crippen molar-refractivity contribution in [1.29, 1.82) is 0 Å². The van der Waals surface area contributed by atoms with Gasteiger partial charge in [-0.2, -0.15) is 0 Å². The van der Waals surface area contributed by atoms with E-state index in [2.05, 4.69) is 4.72 Å². The fourth-order valence-electron chi connectivity index (χ4n) is 1.34. The zero-order chi connectivity index (χ0) is 14.0. The molecule has 3 nitrogen and oxygen atoms in total. The summed E-state index contributed by atoms with van der Waals surface area (Å²) in [5, 5.41) is 1.01. The lowest BCUT2D eigenvalue weighted by molar-refractivity contribution is 0.603. The van der Waals surface area contributed by atoms with Crippen LogP contribution in [0.25, 0.3) is 4.72 Å². The van der Waals surface area contributed by atoms with Gasteiger partial charge in [-0.25, -0.2) is 8.42 Å². The van der Waals surface area contributed by atoms with Crippen LogP contribution in [0.2, 0.25) is 15.1 Å². The van der Waals surface area contributed by atoms with E-state index in [1.807, 2.05) is 0 Å². The molecule has 0 aliphatic carbocycles. The molecule has 2 rings (SSSR count). The summed E-state index contributed by atoms with van der Waals surface area (Å²) in [5.41, 5.74) is 0.101. The summed E-state index contributed by atoms with van der Waals surface area (Å²) >= 11 is 17.4. The number of hydrogen-bond donors (Lipinski definition) is 0. The molecule has 0 heterocycles. The molecule has 0 saturated carbocycles. The molecular formula is C12H7Cl3NO2S-. The molecule has 0 unspecified atom stereocenters. The quantitative estimate of drug-likeness (QED) is 0.788. The second-order valence-corrected chi connectivity index (χ2v) is 6.50. The third-order valence-electron chi connectivity index (χ3n) is 2.24. The largest absolute Gasteiger partial charge is 0.571 e. The van der Waals surface area contributed by atoms with Gasteiger partial charge in [0, 0.05) is 15.1 Å². The molecule has 0 aliphatic heterocycles. The van der Waals surface area contributed by atoms with Crippen LogP contribution >= 0.6 is 34.8 Å². The van der Waals surface area contributed by atoms with Crippen molar-refractivity contribution in [2.75, 3.05) is 0 Å². The summed E-state index contributed by atoms with van der Waals surface area (Å²) in [5.74, 6) is 0. The molecule has 0 N–H and O–H groups in total. The molecular weight excluding hydrogens is 329 g/mol. The van der Waals surface area contributed by atoms with Gasteiger partial charge in [0.25, 0.3) is 0 Å². The Bertz CT molecular complexity index is 699. The first-order valence-corrected chi connectivity index (χ1v) is 7.64. The molecule has 0 radical (unpaired) electrons. The number of nitrogens with zero attached hydrogens (tertiary/aromatic N) is 1. The number of hydrogen-bond acceptors (Lipinski definition) is 2. The van der Waals surface area contributed by atoms with Crippen molar-refractivity contribution in [1.82, 2.24) is 0 Å². The van der Waals surface area contributed by atoms with Crippen LogP contribution in [0.5, 0.6) is 0 Å². The van der Waals surface area contributed by atoms with E-state index in [4.69, 9.17) is 34.8 Å². The van der Waals surface area contributed by atoms with Gasteiger partial charge in [0.2, 0.25) is 0 Å². The average molecular weight is 336 g/mol. The molecule has 7 heteroatoms. The Hall–Kier alpha value is -0.940. The Morgan fingerprint density at radius 1 is 0.842 bits per heavy atom. The highest BCUT2D eigenvalue weighted by atomic mass is 35.5. The first kappa shape index (κ1) is 14.5. The van der Waals surface area contributed by atoms with Gasteiger partial charge in [-0.3, -0.25) is 0 Å². The van der Waals surface area contributed by atoms with Crippen molar-refractivity contribution in [3.63, 3.8) is 0 Å². The summed E-state index contributed by atoms with van der Waals surface area (Å²) in [6, 6.07) is 10.1. The normalized spacial score (nSPS) is 11.3. The lowest BCUT2D eigenvalue weighted by Gasteiger charge is -2.23. The molecule has 0 amide bonds. The predicted octanol–water partition coefficient (Wildman–Crippen LogP) is 5.04. The van der Waals surface area contributed by atoms with E-state index >= 15 is 0 Å². The summed E-state index contributed by atoms with van der Waals surface area (Å²) in [6.45, 7) is 0. The van der Waals surface area contributed by atoms with E-state index in [0.29, 0.717) is 10.0 Å². The topological polar surface area (TPSA) is 48.2 Å². The maximum atomic E-state index is 12.1.